The van der Waals surface area contributed by atoms with Crippen molar-refractivity contribution in [1.82, 2.24) is 19.6 Å². The molecule has 6 nitrogen and oxygen atoms in total. The molecular weight excluding hydrogens is 669 g/mol. The van der Waals surface area contributed by atoms with Crippen LogP contribution in [0.2, 0.25) is 10.0 Å². The van der Waals surface area contributed by atoms with Gasteiger partial charge in [-0.05, 0) is 87.5 Å². The van der Waals surface area contributed by atoms with Crippen LogP contribution in [0.5, 0.6) is 0 Å². The van der Waals surface area contributed by atoms with E-state index in [1.807, 2.05) is 0 Å². The van der Waals surface area contributed by atoms with Gasteiger partial charge in [0, 0.05) is 69.6 Å². The third-order valence-corrected chi connectivity index (χ3v) is 10.5. The SMILES string of the molecule is O=C(c1cc(C(F)(F)F)cc(C(F)(F)F)c1)N1CC[C@H](N2CCN([C@H]3CCN(CCCCO)C3)CC2)C[C@H]1Cc1ccc(Cl)c(Cl)c1. The van der Waals surface area contributed by atoms with Gasteiger partial charge < -0.3 is 14.9 Å². The number of carbonyl (C=O) groups excluding carboxylic acids is 1. The Bertz CT molecular complexity index is 1350. The summed E-state index contributed by atoms with van der Waals surface area (Å²) in [5.41, 5.74) is -2.90. The van der Waals surface area contributed by atoms with Crippen molar-refractivity contribution in [2.24, 2.45) is 0 Å². The molecule has 0 saturated carbocycles. The van der Waals surface area contributed by atoms with Crippen molar-refractivity contribution >= 4 is 29.1 Å². The molecule has 3 fully saturated rings. The fourth-order valence-electron chi connectivity index (χ4n) is 7.23. The second kappa shape index (κ2) is 15.2. The van der Waals surface area contributed by atoms with E-state index in [0.717, 1.165) is 70.6 Å². The van der Waals surface area contributed by atoms with Crippen molar-refractivity contribution in [3.05, 3.63) is 68.7 Å². The van der Waals surface area contributed by atoms with E-state index in [1.54, 1.807) is 18.2 Å². The molecule has 0 spiro atoms. The molecule has 0 aliphatic carbocycles. The van der Waals surface area contributed by atoms with Gasteiger partial charge in [-0.2, -0.15) is 26.3 Å². The highest BCUT2D eigenvalue weighted by Crippen LogP contribution is 2.37. The van der Waals surface area contributed by atoms with Gasteiger partial charge in [0.2, 0.25) is 0 Å². The molecule has 3 atom stereocenters. The Morgan fingerprint density at radius 1 is 0.787 bits per heavy atom. The van der Waals surface area contributed by atoms with Crippen LogP contribution in [0.3, 0.4) is 0 Å². The van der Waals surface area contributed by atoms with Crippen LogP contribution in [0.4, 0.5) is 26.3 Å². The van der Waals surface area contributed by atoms with E-state index in [2.05, 4.69) is 14.7 Å². The summed E-state index contributed by atoms with van der Waals surface area (Å²) in [5.74, 6) is -0.861. The maximum absolute atomic E-state index is 13.8. The van der Waals surface area contributed by atoms with Crippen molar-refractivity contribution in [3.8, 4) is 0 Å². The topological polar surface area (TPSA) is 50.3 Å². The maximum atomic E-state index is 13.8. The minimum atomic E-state index is -5.05. The predicted octanol–water partition coefficient (Wildman–Crippen LogP) is 6.71. The number of alkyl halides is 6. The lowest BCUT2D eigenvalue weighted by atomic mass is 9.90. The van der Waals surface area contributed by atoms with Gasteiger partial charge in [-0.3, -0.25) is 14.6 Å². The zero-order valence-electron chi connectivity index (χ0n) is 26.0. The highest BCUT2D eigenvalue weighted by molar-refractivity contribution is 6.42. The maximum Gasteiger partial charge on any atom is 0.416 e. The summed E-state index contributed by atoms with van der Waals surface area (Å²) in [5, 5.41) is 9.74. The number of aliphatic hydroxyl groups is 1. The third-order valence-electron chi connectivity index (χ3n) is 9.75. The average Bonchev–Trinajstić information content (AvgIpc) is 3.50. The lowest BCUT2D eigenvalue weighted by Crippen LogP contribution is -2.58. The Kier molecular flexibility index (Phi) is 11.7. The predicted molar refractivity (Wildman–Crippen MR) is 169 cm³/mol. The Morgan fingerprint density at radius 3 is 2.00 bits per heavy atom. The third kappa shape index (κ3) is 9.13. The first-order valence-electron chi connectivity index (χ1n) is 16.1. The van der Waals surface area contributed by atoms with Gasteiger partial charge in [-0.15, -0.1) is 0 Å². The quantitative estimate of drug-likeness (QED) is 0.232. The van der Waals surface area contributed by atoms with E-state index in [0.29, 0.717) is 47.5 Å². The number of aliphatic hydroxyl groups excluding tert-OH is 1. The summed E-state index contributed by atoms with van der Waals surface area (Å²) in [6.07, 6.45) is -5.82. The van der Waals surface area contributed by atoms with E-state index in [-0.39, 0.29) is 25.3 Å². The number of benzene rings is 2. The van der Waals surface area contributed by atoms with E-state index in [1.165, 1.54) is 4.90 Å². The zero-order chi connectivity index (χ0) is 33.9. The highest BCUT2D eigenvalue weighted by Gasteiger charge is 2.40. The molecule has 1 N–H and O–H groups in total. The van der Waals surface area contributed by atoms with Crippen molar-refractivity contribution in [2.45, 2.75) is 69.0 Å². The van der Waals surface area contributed by atoms with Crippen molar-refractivity contribution in [3.63, 3.8) is 0 Å². The minimum absolute atomic E-state index is 0.0380. The van der Waals surface area contributed by atoms with Gasteiger partial charge >= 0.3 is 12.4 Å². The number of hydrogen-bond donors (Lipinski definition) is 1. The lowest BCUT2D eigenvalue weighted by Gasteiger charge is -2.47. The Balaban J connectivity index is 1.30. The molecule has 1 amide bonds. The standard InChI is InChI=1S/C33H40Cl2F6N4O2/c34-29-4-3-22(16-30(29)35)15-28-20-26(43-10-12-44(13-11-43)27-5-8-42(21-27)7-1-2-14-46)6-9-45(28)31(47)23-17-24(32(36,37)38)19-25(18-23)33(39,40)41/h3-4,16-19,26-28,46H,1-2,5-15,20-21H2/t26-,27-,28+/m0/s1. The molecule has 3 saturated heterocycles. The number of carbonyl (C=O) groups is 1. The van der Waals surface area contributed by atoms with Crippen LogP contribution >= 0.6 is 23.2 Å². The van der Waals surface area contributed by atoms with Crippen LogP contribution in [-0.4, -0.2) is 108 Å². The molecule has 0 aromatic heterocycles. The summed E-state index contributed by atoms with van der Waals surface area (Å²) >= 11 is 12.4. The first-order valence-corrected chi connectivity index (χ1v) is 16.8. The van der Waals surface area contributed by atoms with Crippen LogP contribution in [0.15, 0.2) is 36.4 Å². The van der Waals surface area contributed by atoms with Crippen LogP contribution < -0.4 is 0 Å². The molecular formula is C33H40Cl2F6N4O2. The van der Waals surface area contributed by atoms with Gasteiger partial charge in [-0.25, -0.2) is 0 Å². The van der Waals surface area contributed by atoms with Crippen molar-refractivity contribution in [2.75, 3.05) is 59.0 Å². The van der Waals surface area contributed by atoms with Crippen LogP contribution in [0.25, 0.3) is 0 Å². The molecule has 0 bridgehead atoms. The summed E-state index contributed by atoms with van der Waals surface area (Å²) in [6.45, 7) is 6.94. The van der Waals surface area contributed by atoms with E-state index >= 15 is 0 Å². The molecule has 3 aliphatic heterocycles. The molecule has 14 heteroatoms. The Labute approximate surface area is 281 Å². The largest absolute Gasteiger partial charge is 0.416 e. The number of amides is 1. The lowest BCUT2D eigenvalue weighted by molar-refractivity contribution is -0.143. The molecule has 3 aliphatic rings. The van der Waals surface area contributed by atoms with Gasteiger partial charge in [0.25, 0.3) is 5.91 Å². The number of rotatable bonds is 9. The number of unbranched alkanes of at least 4 members (excludes halogenated alkanes) is 1. The molecule has 2 aromatic rings. The molecule has 3 heterocycles. The normalized spacial score (nSPS) is 23.9. The molecule has 0 unspecified atom stereocenters. The number of nitrogens with zero attached hydrogens (tertiary/aromatic N) is 4. The van der Waals surface area contributed by atoms with Crippen molar-refractivity contribution < 1.29 is 36.2 Å². The molecule has 260 valence electrons. The average molecular weight is 710 g/mol. The molecule has 47 heavy (non-hydrogen) atoms. The number of hydrogen-bond acceptors (Lipinski definition) is 5. The van der Waals surface area contributed by atoms with Gasteiger partial charge in [0.05, 0.1) is 21.2 Å². The fourth-order valence-corrected chi connectivity index (χ4v) is 7.55. The number of halogens is 8. The Hall–Kier alpha value is -2.09. The summed E-state index contributed by atoms with van der Waals surface area (Å²) in [7, 11) is 0. The summed E-state index contributed by atoms with van der Waals surface area (Å²) < 4.78 is 81.6. The van der Waals surface area contributed by atoms with Crippen LogP contribution in [-0.2, 0) is 18.8 Å². The second-order valence-electron chi connectivity index (χ2n) is 12.8. The highest BCUT2D eigenvalue weighted by atomic mass is 35.5. The fraction of sp³-hybridized carbons (Fsp3) is 0.606. The summed E-state index contributed by atoms with van der Waals surface area (Å²) in [6, 6.07) is 6.23. The minimum Gasteiger partial charge on any atom is -0.396 e. The number of likely N-dealkylation sites (tertiary alicyclic amines) is 2. The summed E-state index contributed by atoms with van der Waals surface area (Å²) in [4.78, 5) is 22.6. The van der Waals surface area contributed by atoms with Crippen LogP contribution in [0.1, 0.15) is 59.2 Å². The molecule has 0 radical (unpaired) electrons. The smallest absolute Gasteiger partial charge is 0.396 e. The van der Waals surface area contributed by atoms with Gasteiger partial charge in [0.1, 0.15) is 0 Å². The van der Waals surface area contributed by atoms with E-state index in [4.69, 9.17) is 28.3 Å². The number of piperazine rings is 1. The Morgan fingerprint density at radius 2 is 1.40 bits per heavy atom. The first kappa shape index (κ1) is 36.2. The van der Waals surface area contributed by atoms with Gasteiger partial charge in [-0.1, -0.05) is 29.3 Å². The van der Waals surface area contributed by atoms with Gasteiger partial charge in [0.15, 0.2) is 0 Å². The molecule has 2 aromatic carbocycles. The van der Waals surface area contributed by atoms with E-state index in [9.17, 15) is 31.1 Å². The second-order valence-corrected chi connectivity index (χ2v) is 13.6. The first-order chi connectivity index (χ1) is 22.2. The monoisotopic (exact) mass is 708 g/mol. The molecule has 5 rings (SSSR count). The van der Waals surface area contributed by atoms with Crippen molar-refractivity contribution in [1.29, 1.82) is 0 Å². The van der Waals surface area contributed by atoms with Crippen LogP contribution in [0, 0.1) is 0 Å². The van der Waals surface area contributed by atoms with E-state index < -0.39 is 41.0 Å². The zero-order valence-corrected chi connectivity index (χ0v) is 27.5. The number of piperidine rings is 1.